The summed E-state index contributed by atoms with van der Waals surface area (Å²) in [5.41, 5.74) is -0.0395. The number of carbonyl (C=O) groups excluding carboxylic acids is 1. The number of hydrogen-bond donors (Lipinski definition) is 4. The van der Waals surface area contributed by atoms with Crippen molar-refractivity contribution in [3.63, 3.8) is 0 Å². The molecule has 0 aliphatic rings. The van der Waals surface area contributed by atoms with Gasteiger partial charge in [-0.15, -0.1) is 0 Å². The summed E-state index contributed by atoms with van der Waals surface area (Å²) in [7, 11) is 0. The van der Waals surface area contributed by atoms with Crippen LogP contribution in [-0.4, -0.2) is 39.3 Å². The van der Waals surface area contributed by atoms with Crippen molar-refractivity contribution in [2.24, 2.45) is 0 Å². The van der Waals surface area contributed by atoms with Gasteiger partial charge in [0.05, 0.1) is 11.7 Å². The molecule has 1 amide bonds. The highest BCUT2D eigenvalue weighted by Gasteiger charge is 2.26. The number of amides is 1. The Morgan fingerprint density at radius 3 is 2.44 bits per heavy atom. The summed E-state index contributed by atoms with van der Waals surface area (Å²) in [6.45, 7) is 1.26. The highest BCUT2D eigenvalue weighted by Crippen LogP contribution is 2.20. The van der Waals surface area contributed by atoms with Crippen LogP contribution in [0.25, 0.3) is 0 Å². The summed E-state index contributed by atoms with van der Waals surface area (Å²) < 4.78 is 0.743. The van der Waals surface area contributed by atoms with Crippen LogP contribution in [0.15, 0.2) is 18.2 Å². The minimum atomic E-state index is -1.42. The fraction of sp³-hybridized carbons (Fsp3) is 0.273. The lowest BCUT2D eigenvalue weighted by atomic mass is 10.1. The Balaban J connectivity index is 2.91. The Labute approximate surface area is 117 Å². The zero-order chi connectivity index (χ0) is 13.9. The third-order valence-corrected chi connectivity index (χ3v) is 2.91. The van der Waals surface area contributed by atoms with Crippen molar-refractivity contribution < 1.29 is 24.9 Å². The molecule has 1 rings (SSSR count). The molecule has 18 heavy (non-hydrogen) atoms. The van der Waals surface area contributed by atoms with Crippen molar-refractivity contribution in [3.05, 3.63) is 27.3 Å². The molecule has 0 fully saturated rings. The quantitative estimate of drug-likeness (QED) is 0.584. The van der Waals surface area contributed by atoms with Crippen molar-refractivity contribution in [3.8, 4) is 5.75 Å². The number of nitrogens with one attached hydrogen (secondary N) is 1. The Morgan fingerprint density at radius 1 is 1.39 bits per heavy atom. The number of phenols is 1. The summed E-state index contributed by atoms with van der Waals surface area (Å²) in [5.74, 6) is -2.34. The maximum absolute atomic E-state index is 11.7. The molecule has 0 bridgehead atoms. The van der Waals surface area contributed by atoms with Gasteiger partial charge in [-0.05, 0) is 47.7 Å². The highest BCUT2D eigenvalue weighted by atomic mass is 127. The monoisotopic (exact) mass is 365 g/mol. The van der Waals surface area contributed by atoms with Gasteiger partial charge < -0.3 is 20.6 Å². The van der Waals surface area contributed by atoms with E-state index in [1.165, 1.54) is 19.1 Å². The van der Waals surface area contributed by atoms with Crippen LogP contribution in [0, 0.1) is 3.57 Å². The van der Waals surface area contributed by atoms with Crippen LogP contribution >= 0.6 is 22.6 Å². The van der Waals surface area contributed by atoms with E-state index in [0.29, 0.717) is 0 Å². The summed E-state index contributed by atoms with van der Waals surface area (Å²) >= 11 is 1.97. The van der Waals surface area contributed by atoms with Gasteiger partial charge in [-0.2, -0.15) is 0 Å². The predicted molar refractivity (Wildman–Crippen MR) is 71.4 cm³/mol. The molecule has 0 spiro atoms. The number of carbonyl (C=O) groups is 2. The van der Waals surface area contributed by atoms with Crippen molar-refractivity contribution in [1.29, 1.82) is 0 Å². The zero-order valence-electron chi connectivity index (χ0n) is 9.42. The van der Waals surface area contributed by atoms with Crippen molar-refractivity contribution >= 4 is 34.5 Å². The van der Waals surface area contributed by atoms with E-state index in [9.17, 15) is 19.8 Å². The Morgan fingerprint density at radius 2 is 2.00 bits per heavy atom. The minimum absolute atomic E-state index is 0.0395. The minimum Gasteiger partial charge on any atom is -0.507 e. The second kappa shape index (κ2) is 6.01. The molecule has 0 unspecified atom stereocenters. The SMILES string of the molecule is C[C@H](O)[C@@H](NC(=O)c1ccc(I)cc1O)C(=O)O. The average Bonchev–Trinajstić information content (AvgIpc) is 2.24. The van der Waals surface area contributed by atoms with Gasteiger partial charge in [0.1, 0.15) is 5.75 Å². The van der Waals surface area contributed by atoms with E-state index in [-0.39, 0.29) is 11.3 Å². The van der Waals surface area contributed by atoms with E-state index in [1.54, 1.807) is 6.07 Å². The number of phenolic OH excluding ortho intramolecular Hbond substituents is 1. The Bertz CT molecular complexity index is 475. The van der Waals surface area contributed by atoms with Crippen LogP contribution in [0.1, 0.15) is 17.3 Å². The third kappa shape index (κ3) is 3.57. The van der Waals surface area contributed by atoms with Crippen LogP contribution < -0.4 is 5.32 Å². The number of halogens is 1. The normalized spacial score (nSPS) is 13.7. The summed E-state index contributed by atoms with van der Waals surface area (Å²) in [6, 6.07) is 2.95. The van der Waals surface area contributed by atoms with E-state index in [0.717, 1.165) is 3.57 Å². The standard InChI is InChI=1S/C11H12INO5/c1-5(14)9(11(17)18)13-10(16)7-3-2-6(12)4-8(7)15/h2-5,9,14-15H,1H3,(H,13,16)(H,17,18)/t5-,9+/m0/s1. The molecule has 1 aromatic carbocycles. The van der Waals surface area contributed by atoms with Gasteiger partial charge in [0, 0.05) is 3.57 Å². The first kappa shape index (κ1) is 14.7. The number of rotatable bonds is 4. The number of aliphatic carboxylic acids is 1. The predicted octanol–water partition coefficient (Wildman–Crippen LogP) is 0.561. The molecule has 0 aromatic heterocycles. The first-order chi connectivity index (χ1) is 8.32. The number of carboxylic acid groups (broad SMARTS) is 1. The highest BCUT2D eigenvalue weighted by molar-refractivity contribution is 14.1. The van der Waals surface area contributed by atoms with Gasteiger partial charge in [0.25, 0.3) is 5.91 Å². The van der Waals surface area contributed by atoms with Crippen LogP contribution in [0.4, 0.5) is 0 Å². The van der Waals surface area contributed by atoms with Crippen molar-refractivity contribution in [1.82, 2.24) is 5.32 Å². The largest absolute Gasteiger partial charge is 0.507 e. The van der Waals surface area contributed by atoms with Gasteiger partial charge in [0.2, 0.25) is 0 Å². The van der Waals surface area contributed by atoms with Crippen LogP contribution in [0.2, 0.25) is 0 Å². The Kier molecular flexibility index (Phi) is 4.91. The lowest BCUT2D eigenvalue weighted by Gasteiger charge is -2.17. The molecule has 0 aliphatic heterocycles. The molecule has 0 heterocycles. The number of carboxylic acids is 1. The molecule has 6 nitrogen and oxygen atoms in total. The third-order valence-electron chi connectivity index (χ3n) is 2.24. The molecule has 7 heteroatoms. The first-order valence-corrected chi connectivity index (χ1v) is 6.11. The Hall–Kier alpha value is -1.35. The molecule has 0 aliphatic carbocycles. The molecule has 4 N–H and O–H groups in total. The molecule has 2 atom stereocenters. The molecule has 0 radical (unpaired) electrons. The van der Waals surface area contributed by atoms with Gasteiger partial charge >= 0.3 is 5.97 Å². The molecule has 98 valence electrons. The van der Waals surface area contributed by atoms with Crippen molar-refractivity contribution in [2.45, 2.75) is 19.1 Å². The fourth-order valence-corrected chi connectivity index (χ4v) is 1.78. The maximum atomic E-state index is 11.7. The second-order valence-electron chi connectivity index (χ2n) is 3.69. The summed E-state index contributed by atoms with van der Waals surface area (Å²) in [5, 5.41) is 29.8. The summed E-state index contributed by atoms with van der Waals surface area (Å²) in [4.78, 5) is 22.6. The number of aromatic hydroxyl groups is 1. The molecule has 0 saturated carbocycles. The maximum Gasteiger partial charge on any atom is 0.328 e. The lowest BCUT2D eigenvalue weighted by Crippen LogP contribution is -2.47. The van der Waals surface area contributed by atoms with Gasteiger partial charge in [-0.1, -0.05) is 0 Å². The van der Waals surface area contributed by atoms with Gasteiger partial charge in [-0.3, -0.25) is 4.79 Å². The van der Waals surface area contributed by atoms with E-state index < -0.39 is 24.0 Å². The molecule has 1 aromatic rings. The zero-order valence-corrected chi connectivity index (χ0v) is 11.6. The number of hydrogen-bond acceptors (Lipinski definition) is 4. The smallest absolute Gasteiger partial charge is 0.328 e. The van der Waals surface area contributed by atoms with Gasteiger partial charge in [-0.25, -0.2) is 4.79 Å². The van der Waals surface area contributed by atoms with Gasteiger partial charge in [0.15, 0.2) is 6.04 Å². The van der Waals surface area contributed by atoms with Crippen LogP contribution in [0.5, 0.6) is 5.75 Å². The lowest BCUT2D eigenvalue weighted by molar-refractivity contribution is -0.141. The van der Waals surface area contributed by atoms with Crippen molar-refractivity contribution in [2.75, 3.05) is 0 Å². The number of benzene rings is 1. The van der Waals surface area contributed by atoms with E-state index in [1.807, 2.05) is 22.6 Å². The molecular weight excluding hydrogens is 353 g/mol. The van der Waals surface area contributed by atoms with E-state index >= 15 is 0 Å². The fourth-order valence-electron chi connectivity index (χ4n) is 1.30. The first-order valence-electron chi connectivity index (χ1n) is 5.03. The molecule has 0 saturated heterocycles. The van der Waals surface area contributed by atoms with Crippen LogP contribution in [0.3, 0.4) is 0 Å². The second-order valence-corrected chi connectivity index (χ2v) is 4.94. The molecular formula is C11H12INO5. The van der Waals surface area contributed by atoms with E-state index in [4.69, 9.17) is 5.11 Å². The average molecular weight is 365 g/mol. The van der Waals surface area contributed by atoms with Crippen LogP contribution in [-0.2, 0) is 4.79 Å². The number of aliphatic hydroxyl groups excluding tert-OH is 1. The summed E-state index contributed by atoms with van der Waals surface area (Å²) in [6.07, 6.45) is -1.24. The topological polar surface area (TPSA) is 107 Å². The number of aliphatic hydroxyl groups is 1. The van der Waals surface area contributed by atoms with E-state index in [2.05, 4.69) is 5.32 Å².